The van der Waals surface area contributed by atoms with Crippen molar-refractivity contribution in [2.45, 2.75) is 105 Å². The van der Waals surface area contributed by atoms with Crippen LogP contribution in [-0.2, 0) is 31.9 Å². The largest absolute Gasteiger partial charge is 0.453 e. The van der Waals surface area contributed by atoms with Crippen molar-refractivity contribution >= 4 is 11.9 Å². The summed E-state index contributed by atoms with van der Waals surface area (Å²) in [6.07, 6.45) is 0.210. The molecule has 2 aromatic rings. The zero-order valence-electron chi connectivity index (χ0n) is 26.5. The third-order valence-electron chi connectivity index (χ3n) is 8.24. The molecule has 0 spiro atoms. The number of esters is 2. The summed E-state index contributed by atoms with van der Waals surface area (Å²) in [7, 11) is 0. The molecule has 0 bridgehead atoms. The second-order valence-corrected chi connectivity index (χ2v) is 13.7. The lowest BCUT2D eigenvalue weighted by Gasteiger charge is -2.37. The van der Waals surface area contributed by atoms with Gasteiger partial charge >= 0.3 is 11.9 Å². The van der Waals surface area contributed by atoms with Crippen LogP contribution in [0.2, 0.25) is 0 Å². The van der Waals surface area contributed by atoms with E-state index in [0.717, 1.165) is 11.1 Å². The number of hydrogen-bond acceptors (Lipinski definition) is 6. The first-order valence-corrected chi connectivity index (χ1v) is 14.8. The summed E-state index contributed by atoms with van der Waals surface area (Å²) in [5.41, 5.74) is 13.3. The molecular formula is C34H50F2N2O4. The number of halogens is 2. The van der Waals surface area contributed by atoms with Gasteiger partial charge < -0.3 is 20.9 Å². The van der Waals surface area contributed by atoms with E-state index in [1.165, 1.54) is 24.3 Å². The third kappa shape index (κ3) is 10.8. The first-order valence-electron chi connectivity index (χ1n) is 14.8. The Morgan fingerprint density at radius 2 is 0.929 bits per heavy atom. The maximum Gasteiger partial charge on any atom is 0.417 e. The van der Waals surface area contributed by atoms with Crippen LogP contribution < -0.4 is 11.5 Å². The van der Waals surface area contributed by atoms with Crippen molar-refractivity contribution < 1.29 is 27.8 Å². The Morgan fingerprint density at radius 1 is 0.643 bits per heavy atom. The van der Waals surface area contributed by atoms with Crippen LogP contribution in [0.25, 0.3) is 0 Å². The molecule has 4 unspecified atom stereocenters. The summed E-state index contributed by atoms with van der Waals surface area (Å²) in [5.74, 6) is -2.62. The standard InChI is InChI=1S/C34H50F2N2O4/c1-21(2)27(37)17-29(33(5,6)19-23-9-13-25(35)14-10-23)41-31(39)32(40)42-30(18-28(38)22(3)4)34(7,8)20-24-11-15-26(36)16-12-24/h9-16,21-22,27-30H,17-20,37-38H2,1-8H3. The number of nitrogens with two attached hydrogens (primary N) is 2. The molecule has 4 atom stereocenters. The molecule has 8 heteroatoms. The molecule has 0 amide bonds. The average Bonchev–Trinajstić information content (AvgIpc) is 2.89. The predicted molar refractivity (Wildman–Crippen MR) is 162 cm³/mol. The van der Waals surface area contributed by atoms with Gasteiger partial charge in [0.25, 0.3) is 0 Å². The molecule has 0 heterocycles. The van der Waals surface area contributed by atoms with Gasteiger partial charge in [0, 0.05) is 35.8 Å². The summed E-state index contributed by atoms with van der Waals surface area (Å²) < 4.78 is 38.7. The average molecular weight is 589 g/mol. The highest BCUT2D eigenvalue weighted by molar-refractivity contribution is 6.29. The number of benzene rings is 2. The third-order valence-corrected chi connectivity index (χ3v) is 8.24. The van der Waals surface area contributed by atoms with E-state index in [9.17, 15) is 18.4 Å². The zero-order chi connectivity index (χ0) is 31.8. The second kappa shape index (κ2) is 15.1. The fourth-order valence-corrected chi connectivity index (χ4v) is 4.93. The molecule has 0 aromatic heterocycles. The first-order chi connectivity index (χ1) is 19.4. The van der Waals surface area contributed by atoms with Crippen molar-refractivity contribution in [3.05, 3.63) is 71.3 Å². The minimum Gasteiger partial charge on any atom is -0.453 e. The second-order valence-electron chi connectivity index (χ2n) is 13.7. The van der Waals surface area contributed by atoms with E-state index in [2.05, 4.69) is 0 Å². The molecule has 0 fully saturated rings. The highest BCUT2D eigenvalue weighted by Gasteiger charge is 2.40. The van der Waals surface area contributed by atoms with E-state index in [1.807, 2.05) is 55.4 Å². The van der Waals surface area contributed by atoms with Crippen molar-refractivity contribution in [3.8, 4) is 0 Å². The summed E-state index contributed by atoms with van der Waals surface area (Å²) in [4.78, 5) is 26.5. The molecule has 0 aliphatic heterocycles. The van der Waals surface area contributed by atoms with Gasteiger partial charge in [-0.05, 0) is 60.1 Å². The Morgan fingerprint density at radius 3 is 1.19 bits per heavy atom. The number of carbonyl (C=O) groups excluding carboxylic acids is 2. The van der Waals surface area contributed by atoms with Crippen LogP contribution in [-0.4, -0.2) is 36.2 Å². The van der Waals surface area contributed by atoms with Gasteiger partial charge in [-0.25, -0.2) is 18.4 Å². The maximum absolute atomic E-state index is 13.5. The van der Waals surface area contributed by atoms with E-state index in [1.54, 1.807) is 24.3 Å². The molecule has 2 aromatic carbocycles. The smallest absolute Gasteiger partial charge is 0.417 e. The minimum atomic E-state index is -1.09. The Labute approximate surface area is 250 Å². The van der Waals surface area contributed by atoms with Crippen molar-refractivity contribution in [1.82, 2.24) is 0 Å². The van der Waals surface area contributed by atoms with Crippen molar-refractivity contribution in [2.24, 2.45) is 34.1 Å². The molecule has 0 aliphatic carbocycles. The number of rotatable bonds is 14. The van der Waals surface area contributed by atoms with Gasteiger partial charge in [-0.1, -0.05) is 79.7 Å². The van der Waals surface area contributed by atoms with Crippen molar-refractivity contribution in [2.75, 3.05) is 0 Å². The topological polar surface area (TPSA) is 105 Å². The van der Waals surface area contributed by atoms with Crippen molar-refractivity contribution in [3.63, 3.8) is 0 Å². The molecule has 42 heavy (non-hydrogen) atoms. The molecular weight excluding hydrogens is 538 g/mol. The number of hydrogen-bond donors (Lipinski definition) is 2. The van der Waals surface area contributed by atoms with Crippen LogP contribution in [0.1, 0.15) is 79.4 Å². The fourth-order valence-electron chi connectivity index (χ4n) is 4.93. The quantitative estimate of drug-likeness (QED) is 0.196. The Bertz CT molecular complexity index is 1060. The number of ether oxygens (including phenoxy) is 2. The van der Waals surface area contributed by atoms with Crippen LogP contribution >= 0.6 is 0 Å². The lowest BCUT2D eigenvalue weighted by atomic mass is 9.77. The van der Waals surface area contributed by atoms with E-state index in [-0.39, 0.29) is 35.6 Å². The Balaban J connectivity index is 2.27. The van der Waals surface area contributed by atoms with Crippen LogP contribution in [0.5, 0.6) is 0 Å². The van der Waals surface area contributed by atoms with Gasteiger partial charge in [-0.3, -0.25) is 0 Å². The summed E-state index contributed by atoms with van der Waals surface area (Å²) in [5, 5.41) is 0. The predicted octanol–water partition coefficient (Wildman–Crippen LogP) is 6.37. The van der Waals surface area contributed by atoms with E-state index in [0.29, 0.717) is 25.7 Å². The van der Waals surface area contributed by atoms with E-state index < -0.39 is 35.0 Å². The molecule has 0 saturated heterocycles. The molecule has 2 rings (SSSR count). The first kappa shape index (κ1) is 35.4. The van der Waals surface area contributed by atoms with Gasteiger partial charge in [-0.15, -0.1) is 0 Å². The van der Waals surface area contributed by atoms with Gasteiger partial charge in [0.05, 0.1) is 0 Å². The Kier molecular flexibility index (Phi) is 12.7. The Hall–Kier alpha value is -2.84. The lowest BCUT2D eigenvalue weighted by molar-refractivity contribution is -0.182. The van der Waals surface area contributed by atoms with Crippen molar-refractivity contribution in [1.29, 1.82) is 0 Å². The van der Waals surface area contributed by atoms with Gasteiger partial charge in [0.2, 0.25) is 0 Å². The van der Waals surface area contributed by atoms with E-state index in [4.69, 9.17) is 20.9 Å². The normalized spacial score (nSPS) is 15.3. The van der Waals surface area contributed by atoms with Gasteiger partial charge in [-0.2, -0.15) is 0 Å². The monoisotopic (exact) mass is 588 g/mol. The highest BCUT2D eigenvalue weighted by Crippen LogP contribution is 2.34. The van der Waals surface area contributed by atoms with Crippen LogP contribution in [0.15, 0.2) is 48.5 Å². The summed E-state index contributed by atoms with van der Waals surface area (Å²) in [6, 6.07) is 11.8. The van der Waals surface area contributed by atoms with Crippen LogP contribution in [0, 0.1) is 34.3 Å². The minimum absolute atomic E-state index is 0.119. The van der Waals surface area contributed by atoms with Gasteiger partial charge in [0.1, 0.15) is 23.8 Å². The molecule has 6 nitrogen and oxygen atoms in total. The fraction of sp³-hybridized carbons (Fsp3) is 0.588. The maximum atomic E-state index is 13.5. The van der Waals surface area contributed by atoms with Crippen LogP contribution in [0.4, 0.5) is 8.78 Å². The molecule has 0 saturated carbocycles. The number of carbonyl (C=O) groups is 2. The zero-order valence-corrected chi connectivity index (χ0v) is 26.5. The van der Waals surface area contributed by atoms with E-state index >= 15 is 0 Å². The molecule has 0 aliphatic rings. The SMILES string of the molecule is CC(C)C(N)CC(OC(=O)C(=O)OC(CC(N)C(C)C)C(C)(C)Cc1ccc(F)cc1)C(C)(C)Cc1ccc(F)cc1. The molecule has 234 valence electrons. The van der Waals surface area contributed by atoms with Crippen LogP contribution in [0.3, 0.4) is 0 Å². The summed E-state index contributed by atoms with van der Waals surface area (Å²) in [6.45, 7) is 15.7. The van der Waals surface area contributed by atoms with Gasteiger partial charge in [0.15, 0.2) is 0 Å². The molecule has 4 N–H and O–H groups in total. The summed E-state index contributed by atoms with van der Waals surface area (Å²) >= 11 is 0. The molecule has 0 radical (unpaired) electrons. The lowest BCUT2D eigenvalue weighted by Crippen LogP contribution is -2.45. The highest BCUT2D eigenvalue weighted by atomic mass is 19.1.